The van der Waals surface area contributed by atoms with Crippen LogP contribution in [-0.2, 0) is 9.84 Å². The third-order valence-corrected chi connectivity index (χ3v) is 3.52. The predicted octanol–water partition coefficient (Wildman–Crippen LogP) is 1.30. The molecule has 0 amide bonds. The Balaban J connectivity index is 3.48. The number of unbranched alkanes of at least 4 members (excludes halogenated alkanes) is 5. The summed E-state index contributed by atoms with van der Waals surface area (Å²) in [6.45, 7) is 3.24. The van der Waals surface area contributed by atoms with Crippen molar-refractivity contribution in [1.82, 2.24) is 5.32 Å². The molecule has 0 rings (SSSR count). The molecule has 0 saturated carbocycles. The first-order valence-electron chi connectivity index (χ1n) is 6.67. The molecular formula is C12H27N3O2S. The van der Waals surface area contributed by atoms with Crippen LogP contribution in [0, 0.1) is 0 Å². The number of sulfone groups is 1. The molecule has 0 aliphatic heterocycles. The molecule has 0 aromatic rings. The summed E-state index contributed by atoms with van der Waals surface area (Å²) in [5.74, 6) is 0.424. The SMILES string of the molecule is CCCCCCCCN=C(N)NCCS(C)(=O)=O. The number of nitrogens with one attached hydrogen (secondary N) is 1. The molecule has 108 valence electrons. The normalized spacial score (nSPS) is 12.7. The molecular weight excluding hydrogens is 250 g/mol. The Morgan fingerprint density at radius 3 is 2.39 bits per heavy atom. The van der Waals surface area contributed by atoms with Crippen molar-refractivity contribution in [2.45, 2.75) is 45.4 Å². The molecule has 0 saturated heterocycles. The van der Waals surface area contributed by atoms with Gasteiger partial charge in [-0.1, -0.05) is 39.0 Å². The van der Waals surface area contributed by atoms with Gasteiger partial charge in [-0.3, -0.25) is 4.99 Å². The minimum Gasteiger partial charge on any atom is -0.370 e. The fourth-order valence-corrected chi connectivity index (χ4v) is 1.98. The standard InChI is InChI=1S/C12H27N3O2S/c1-3-4-5-6-7-8-9-14-12(13)15-10-11-18(2,16)17/h3-11H2,1-2H3,(H3,13,14,15). The van der Waals surface area contributed by atoms with Crippen molar-refractivity contribution < 1.29 is 8.42 Å². The maximum absolute atomic E-state index is 10.9. The van der Waals surface area contributed by atoms with Crippen LogP contribution in [0.15, 0.2) is 4.99 Å². The maximum atomic E-state index is 10.9. The molecule has 0 spiro atoms. The van der Waals surface area contributed by atoms with Crippen molar-refractivity contribution >= 4 is 15.8 Å². The lowest BCUT2D eigenvalue weighted by Gasteiger charge is -2.04. The zero-order chi connectivity index (χ0) is 13.9. The minimum atomic E-state index is -2.93. The van der Waals surface area contributed by atoms with Crippen molar-refractivity contribution in [2.24, 2.45) is 10.7 Å². The van der Waals surface area contributed by atoms with E-state index in [2.05, 4.69) is 17.2 Å². The van der Waals surface area contributed by atoms with Crippen LogP contribution in [0.25, 0.3) is 0 Å². The zero-order valence-electron chi connectivity index (χ0n) is 11.6. The van der Waals surface area contributed by atoms with Gasteiger partial charge in [0.15, 0.2) is 5.96 Å². The largest absolute Gasteiger partial charge is 0.370 e. The highest BCUT2D eigenvalue weighted by atomic mass is 32.2. The van der Waals surface area contributed by atoms with Crippen LogP contribution >= 0.6 is 0 Å². The minimum absolute atomic E-state index is 0.0836. The third-order valence-electron chi connectivity index (χ3n) is 2.57. The molecule has 0 fully saturated rings. The molecule has 0 aromatic heterocycles. The summed E-state index contributed by atoms with van der Waals surface area (Å²) in [6.07, 6.45) is 8.54. The van der Waals surface area contributed by atoms with Gasteiger partial charge in [-0.05, 0) is 6.42 Å². The summed E-state index contributed by atoms with van der Waals surface area (Å²) in [5, 5.41) is 2.80. The highest BCUT2D eigenvalue weighted by molar-refractivity contribution is 7.90. The van der Waals surface area contributed by atoms with E-state index in [0.29, 0.717) is 19.0 Å². The lowest BCUT2D eigenvalue weighted by molar-refractivity contribution is 0.600. The third kappa shape index (κ3) is 13.3. The molecule has 0 aromatic carbocycles. The second kappa shape index (κ2) is 10.2. The van der Waals surface area contributed by atoms with E-state index in [1.165, 1.54) is 38.4 Å². The van der Waals surface area contributed by atoms with Gasteiger partial charge in [0.2, 0.25) is 0 Å². The monoisotopic (exact) mass is 277 g/mol. The molecule has 0 bridgehead atoms. The quantitative estimate of drug-likeness (QED) is 0.358. The van der Waals surface area contributed by atoms with E-state index in [9.17, 15) is 8.42 Å². The molecule has 0 unspecified atom stereocenters. The summed E-state index contributed by atoms with van der Waals surface area (Å²) in [4.78, 5) is 4.15. The van der Waals surface area contributed by atoms with E-state index in [-0.39, 0.29) is 5.75 Å². The van der Waals surface area contributed by atoms with Gasteiger partial charge in [0.1, 0.15) is 9.84 Å². The summed E-state index contributed by atoms with van der Waals surface area (Å²) < 4.78 is 21.8. The van der Waals surface area contributed by atoms with Gasteiger partial charge in [0.05, 0.1) is 5.75 Å². The van der Waals surface area contributed by atoms with Gasteiger partial charge >= 0.3 is 0 Å². The van der Waals surface area contributed by atoms with E-state index in [0.717, 1.165) is 6.42 Å². The van der Waals surface area contributed by atoms with E-state index in [1.807, 2.05) is 0 Å². The molecule has 3 N–H and O–H groups in total. The maximum Gasteiger partial charge on any atom is 0.188 e. The predicted molar refractivity (Wildman–Crippen MR) is 77.6 cm³/mol. The Labute approximate surface area is 111 Å². The summed E-state index contributed by atoms with van der Waals surface area (Å²) >= 11 is 0. The van der Waals surface area contributed by atoms with Crippen LogP contribution in [0.4, 0.5) is 0 Å². The van der Waals surface area contributed by atoms with Crippen molar-refractivity contribution in [2.75, 3.05) is 25.1 Å². The van der Waals surface area contributed by atoms with Gasteiger partial charge in [0.25, 0.3) is 0 Å². The summed E-state index contributed by atoms with van der Waals surface area (Å²) in [7, 11) is -2.93. The van der Waals surface area contributed by atoms with Gasteiger partial charge in [-0.15, -0.1) is 0 Å². The fourth-order valence-electron chi connectivity index (χ4n) is 1.51. The molecule has 0 heterocycles. The van der Waals surface area contributed by atoms with Crippen molar-refractivity contribution in [3.63, 3.8) is 0 Å². The Kier molecular flexibility index (Phi) is 9.73. The summed E-state index contributed by atoms with van der Waals surface area (Å²) in [5.41, 5.74) is 5.61. The smallest absolute Gasteiger partial charge is 0.188 e. The van der Waals surface area contributed by atoms with Crippen molar-refractivity contribution in [3.8, 4) is 0 Å². The van der Waals surface area contributed by atoms with Crippen LogP contribution in [0.5, 0.6) is 0 Å². The van der Waals surface area contributed by atoms with E-state index < -0.39 is 9.84 Å². The fraction of sp³-hybridized carbons (Fsp3) is 0.917. The Bertz CT molecular complexity index is 326. The average Bonchev–Trinajstić information content (AvgIpc) is 2.26. The average molecular weight is 277 g/mol. The van der Waals surface area contributed by atoms with E-state index >= 15 is 0 Å². The van der Waals surface area contributed by atoms with Crippen LogP contribution in [0.1, 0.15) is 45.4 Å². The van der Waals surface area contributed by atoms with Gasteiger partial charge in [0, 0.05) is 19.3 Å². The van der Waals surface area contributed by atoms with E-state index in [1.54, 1.807) is 0 Å². The molecule has 0 atom stereocenters. The highest BCUT2D eigenvalue weighted by Gasteiger charge is 2.01. The van der Waals surface area contributed by atoms with E-state index in [4.69, 9.17) is 5.73 Å². The Hall–Kier alpha value is -0.780. The number of guanidine groups is 1. The van der Waals surface area contributed by atoms with Gasteiger partial charge in [-0.2, -0.15) is 0 Å². The van der Waals surface area contributed by atoms with Crippen LogP contribution in [0.2, 0.25) is 0 Å². The lowest BCUT2D eigenvalue weighted by atomic mass is 10.1. The molecule has 0 aliphatic carbocycles. The molecule has 6 heteroatoms. The first-order valence-corrected chi connectivity index (χ1v) is 8.73. The molecule has 18 heavy (non-hydrogen) atoms. The second-order valence-corrected chi connectivity index (χ2v) is 6.85. The molecule has 5 nitrogen and oxygen atoms in total. The van der Waals surface area contributed by atoms with Crippen molar-refractivity contribution in [3.05, 3.63) is 0 Å². The first kappa shape index (κ1) is 17.2. The van der Waals surface area contributed by atoms with Crippen molar-refractivity contribution in [1.29, 1.82) is 0 Å². The summed E-state index contributed by atoms with van der Waals surface area (Å²) in [6, 6.07) is 0. The van der Waals surface area contributed by atoms with Crippen LogP contribution in [-0.4, -0.2) is 39.5 Å². The van der Waals surface area contributed by atoms with Gasteiger partial charge < -0.3 is 11.1 Å². The number of nitrogens with zero attached hydrogens (tertiary/aromatic N) is 1. The number of hydrogen-bond acceptors (Lipinski definition) is 3. The zero-order valence-corrected chi connectivity index (χ0v) is 12.4. The highest BCUT2D eigenvalue weighted by Crippen LogP contribution is 2.04. The number of nitrogens with two attached hydrogens (primary N) is 1. The molecule has 0 aliphatic rings. The van der Waals surface area contributed by atoms with Gasteiger partial charge in [-0.25, -0.2) is 8.42 Å². The first-order chi connectivity index (χ1) is 8.45. The Morgan fingerprint density at radius 2 is 1.78 bits per heavy atom. The Morgan fingerprint density at radius 1 is 1.17 bits per heavy atom. The second-order valence-electron chi connectivity index (χ2n) is 4.59. The lowest BCUT2D eigenvalue weighted by Crippen LogP contribution is -2.35. The molecule has 0 radical (unpaired) electrons. The topological polar surface area (TPSA) is 84.5 Å². The number of hydrogen-bond donors (Lipinski definition) is 2. The van der Waals surface area contributed by atoms with Crippen LogP contribution in [0.3, 0.4) is 0 Å². The number of aliphatic imine (C=N–C) groups is 1. The number of rotatable bonds is 10. The van der Waals surface area contributed by atoms with Crippen LogP contribution < -0.4 is 11.1 Å².